The quantitative estimate of drug-likeness (QED) is 0.825. The largest absolute Gasteiger partial charge is 0.502 e. The van der Waals surface area contributed by atoms with Crippen molar-refractivity contribution in [3.05, 3.63) is 47.0 Å². The van der Waals surface area contributed by atoms with Crippen LogP contribution in [0, 0.1) is 0 Å². The molecule has 0 saturated carbocycles. The van der Waals surface area contributed by atoms with E-state index in [0.29, 0.717) is 0 Å². The normalized spacial score (nSPS) is 10.1. The highest BCUT2D eigenvalue weighted by Gasteiger charge is 2.07. The minimum Gasteiger partial charge on any atom is -0.502 e. The molecule has 0 spiro atoms. The second-order valence-corrected chi connectivity index (χ2v) is 3.12. The molecule has 7 heteroatoms. The van der Waals surface area contributed by atoms with Gasteiger partial charge < -0.3 is 14.3 Å². The average molecular weight is 236 g/mol. The SMILES string of the molecule is O=C(OCc1cc(=O)c(O)co1)n1ccnc1. The number of hydrogen-bond acceptors (Lipinski definition) is 6. The lowest BCUT2D eigenvalue weighted by Crippen LogP contribution is -2.12. The van der Waals surface area contributed by atoms with E-state index in [1.165, 1.54) is 18.7 Å². The molecule has 0 amide bonds. The molecule has 0 saturated heterocycles. The zero-order chi connectivity index (χ0) is 12.3. The molecular weight excluding hydrogens is 228 g/mol. The van der Waals surface area contributed by atoms with Crippen molar-refractivity contribution in [2.75, 3.05) is 0 Å². The first kappa shape index (κ1) is 10.9. The van der Waals surface area contributed by atoms with Gasteiger partial charge in [0.1, 0.15) is 18.4 Å². The Morgan fingerprint density at radius 3 is 3.06 bits per heavy atom. The molecule has 2 aromatic rings. The standard InChI is InChI=1S/C10H8N2O5/c13-8-3-7(16-5-9(8)14)4-17-10(15)12-2-1-11-6-12/h1-3,5-6,14H,4H2. The summed E-state index contributed by atoms with van der Waals surface area (Å²) < 4.78 is 10.8. The van der Waals surface area contributed by atoms with Crippen LogP contribution < -0.4 is 5.43 Å². The number of carbonyl (C=O) groups is 1. The van der Waals surface area contributed by atoms with Crippen LogP contribution >= 0.6 is 0 Å². The zero-order valence-corrected chi connectivity index (χ0v) is 8.57. The fourth-order valence-corrected chi connectivity index (χ4v) is 1.09. The van der Waals surface area contributed by atoms with E-state index >= 15 is 0 Å². The summed E-state index contributed by atoms with van der Waals surface area (Å²) in [5, 5.41) is 8.94. The van der Waals surface area contributed by atoms with Gasteiger partial charge in [0.2, 0.25) is 5.43 Å². The van der Waals surface area contributed by atoms with E-state index in [0.717, 1.165) is 16.9 Å². The van der Waals surface area contributed by atoms with Crippen LogP contribution in [0.1, 0.15) is 5.76 Å². The van der Waals surface area contributed by atoms with Crippen LogP contribution in [0.2, 0.25) is 0 Å². The maximum absolute atomic E-state index is 11.4. The topological polar surface area (TPSA) is 94.6 Å². The molecule has 2 rings (SSSR count). The third-order valence-corrected chi connectivity index (χ3v) is 1.92. The van der Waals surface area contributed by atoms with Gasteiger partial charge in [-0.3, -0.25) is 4.79 Å². The maximum Gasteiger partial charge on any atom is 0.419 e. The van der Waals surface area contributed by atoms with Crippen molar-refractivity contribution in [2.45, 2.75) is 6.61 Å². The van der Waals surface area contributed by atoms with Crippen LogP contribution in [0.4, 0.5) is 4.79 Å². The van der Waals surface area contributed by atoms with Crippen LogP contribution in [0.25, 0.3) is 0 Å². The summed E-state index contributed by atoms with van der Waals surface area (Å²) >= 11 is 0. The molecule has 17 heavy (non-hydrogen) atoms. The maximum atomic E-state index is 11.4. The van der Waals surface area contributed by atoms with Crippen molar-refractivity contribution in [3.63, 3.8) is 0 Å². The average Bonchev–Trinajstić information content (AvgIpc) is 2.84. The van der Waals surface area contributed by atoms with Crippen LogP contribution in [-0.2, 0) is 11.3 Å². The van der Waals surface area contributed by atoms with Gasteiger partial charge in [0.05, 0.1) is 0 Å². The van der Waals surface area contributed by atoms with Crippen LogP contribution in [0.3, 0.4) is 0 Å². The van der Waals surface area contributed by atoms with E-state index in [4.69, 9.17) is 14.3 Å². The lowest BCUT2D eigenvalue weighted by Gasteiger charge is -2.03. The van der Waals surface area contributed by atoms with E-state index < -0.39 is 17.3 Å². The Kier molecular flexibility index (Phi) is 2.91. The Hall–Kier alpha value is -2.57. The molecule has 0 radical (unpaired) electrons. The molecule has 0 aliphatic carbocycles. The van der Waals surface area contributed by atoms with Crippen LogP contribution in [-0.4, -0.2) is 20.8 Å². The summed E-state index contributed by atoms with van der Waals surface area (Å²) in [4.78, 5) is 26.1. The number of imidazole rings is 1. The van der Waals surface area contributed by atoms with E-state index in [1.807, 2.05) is 0 Å². The number of ether oxygens (including phenoxy) is 1. The van der Waals surface area contributed by atoms with Crippen molar-refractivity contribution in [3.8, 4) is 5.75 Å². The smallest absolute Gasteiger partial charge is 0.419 e. The predicted molar refractivity (Wildman–Crippen MR) is 54.5 cm³/mol. The molecule has 0 aliphatic rings. The Bertz CT molecular complexity index is 573. The first-order valence-electron chi connectivity index (χ1n) is 4.62. The summed E-state index contributed by atoms with van der Waals surface area (Å²) in [7, 11) is 0. The van der Waals surface area contributed by atoms with Crippen LogP contribution in [0.5, 0.6) is 5.75 Å². The van der Waals surface area contributed by atoms with E-state index in [-0.39, 0.29) is 12.4 Å². The first-order valence-corrected chi connectivity index (χ1v) is 4.62. The third kappa shape index (κ3) is 2.51. The van der Waals surface area contributed by atoms with Crippen molar-refractivity contribution in [1.82, 2.24) is 9.55 Å². The van der Waals surface area contributed by atoms with Gasteiger partial charge in [-0.25, -0.2) is 14.3 Å². The molecule has 88 valence electrons. The van der Waals surface area contributed by atoms with Gasteiger partial charge >= 0.3 is 6.09 Å². The lowest BCUT2D eigenvalue weighted by atomic mass is 10.4. The predicted octanol–water partition coefficient (Wildman–Crippen LogP) is 0.727. The van der Waals surface area contributed by atoms with E-state index in [9.17, 15) is 9.59 Å². The molecule has 7 nitrogen and oxygen atoms in total. The molecule has 0 bridgehead atoms. The second kappa shape index (κ2) is 4.52. The van der Waals surface area contributed by atoms with Crippen LogP contribution in [0.15, 0.2) is 40.3 Å². The van der Waals surface area contributed by atoms with Crippen molar-refractivity contribution < 1.29 is 19.1 Å². The molecule has 2 heterocycles. The summed E-state index contributed by atoms with van der Waals surface area (Å²) in [6.45, 7) is -0.202. The van der Waals surface area contributed by atoms with Gasteiger partial charge in [-0.05, 0) is 0 Å². The Labute approximate surface area is 94.9 Å². The monoisotopic (exact) mass is 236 g/mol. The summed E-state index contributed by atoms with van der Waals surface area (Å²) in [6, 6.07) is 1.05. The molecule has 0 unspecified atom stereocenters. The van der Waals surface area contributed by atoms with E-state index in [1.54, 1.807) is 0 Å². The van der Waals surface area contributed by atoms with Gasteiger partial charge in [-0.15, -0.1) is 0 Å². The first-order chi connectivity index (χ1) is 8.16. The number of aromatic nitrogens is 2. The number of nitrogens with zero attached hydrogens (tertiary/aromatic N) is 2. The molecule has 0 fully saturated rings. The number of hydrogen-bond donors (Lipinski definition) is 1. The Morgan fingerprint density at radius 1 is 1.59 bits per heavy atom. The Balaban J connectivity index is 2.01. The number of aromatic hydroxyl groups is 1. The van der Waals surface area contributed by atoms with Crippen molar-refractivity contribution in [1.29, 1.82) is 0 Å². The highest BCUT2D eigenvalue weighted by atomic mass is 16.6. The number of rotatable bonds is 2. The minimum absolute atomic E-state index is 0.140. The second-order valence-electron chi connectivity index (χ2n) is 3.12. The third-order valence-electron chi connectivity index (χ3n) is 1.92. The highest BCUT2D eigenvalue weighted by Crippen LogP contribution is 2.05. The molecular formula is C10H8N2O5. The zero-order valence-electron chi connectivity index (χ0n) is 8.57. The summed E-state index contributed by atoms with van der Waals surface area (Å²) in [5.74, 6) is -0.351. The van der Waals surface area contributed by atoms with Crippen molar-refractivity contribution in [2.24, 2.45) is 0 Å². The van der Waals surface area contributed by atoms with Gasteiger partial charge in [0.15, 0.2) is 12.4 Å². The number of carbonyl (C=O) groups excluding carboxylic acids is 1. The van der Waals surface area contributed by atoms with Crippen molar-refractivity contribution >= 4 is 6.09 Å². The van der Waals surface area contributed by atoms with Gasteiger partial charge in [-0.1, -0.05) is 0 Å². The molecule has 0 aromatic carbocycles. The van der Waals surface area contributed by atoms with Gasteiger partial charge in [-0.2, -0.15) is 0 Å². The molecule has 0 atom stereocenters. The lowest BCUT2D eigenvalue weighted by molar-refractivity contribution is 0.131. The molecule has 2 aromatic heterocycles. The molecule has 1 N–H and O–H groups in total. The van der Waals surface area contributed by atoms with Gasteiger partial charge in [0, 0.05) is 18.5 Å². The highest BCUT2D eigenvalue weighted by molar-refractivity contribution is 5.69. The molecule has 0 aliphatic heterocycles. The fraction of sp³-hybridized carbons (Fsp3) is 0.100. The van der Waals surface area contributed by atoms with E-state index in [2.05, 4.69) is 4.98 Å². The summed E-state index contributed by atoms with van der Waals surface area (Å²) in [5.41, 5.74) is -0.593. The van der Waals surface area contributed by atoms with Gasteiger partial charge in [0.25, 0.3) is 0 Å². The minimum atomic E-state index is -0.641. The fourth-order valence-electron chi connectivity index (χ4n) is 1.09. The Morgan fingerprint density at radius 2 is 2.41 bits per heavy atom. The summed E-state index contributed by atoms with van der Waals surface area (Å²) in [6.07, 6.45) is 4.40.